The molecular formula is C28H26F6N2O5. The van der Waals surface area contributed by atoms with Crippen LogP contribution in [0.1, 0.15) is 44.0 Å². The molecule has 0 fully saturated rings. The number of halogens is 6. The third kappa shape index (κ3) is 8.35. The SMILES string of the molecule is COC(=O)Oc1c(C)c(C)nc(C)c1CCN(Cc1ccc(OC(F)(F)F)cc1)C(=O)c1ccc(C(F)(F)F)cc1. The van der Waals surface area contributed by atoms with E-state index in [9.17, 15) is 35.9 Å². The Kier molecular flexibility index (Phi) is 9.51. The summed E-state index contributed by atoms with van der Waals surface area (Å²) in [5, 5.41) is 0. The topological polar surface area (TPSA) is 78.0 Å². The number of hydrogen-bond acceptors (Lipinski definition) is 6. The number of methoxy groups -OCH3 is 1. The molecule has 0 spiro atoms. The van der Waals surface area contributed by atoms with E-state index >= 15 is 0 Å². The number of amides is 1. The van der Waals surface area contributed by atoms with Gasteiger partial charge >= 0.3 is 18.7 Å². The van der Waals surface area contributed by atoms with Crippen molar-refractivity contribution in [2.24, 2.45) is 0 Å². The molecule has 0 atom stereocenters. The van der Waals surface area contributed by atoms with E-state index in [0.29, 0.717) is 28.1 Å². The highest BCUT2D eigenvalue weighted by Crippen LogP contribution is 2.31. The van der Waals surface area contributed by atoms with Crippen molar-refractivity contribution < 1.29 is 50.1 Å². The predicted octanol–water partition coefficient (Wildman–Crippen LogP) is 6.95. The van der Waals surface area contributed by atoms with E-state index in [2.05, 4.69) is 14.5 Å². The Labute approximate surface area is 231 Å². The molecule has 0 radical (unpaired) electrons. The van der Waals surface area contributed by atoms with Gasteiger partial charge in [-0.15, -0.1) is 13.2 Å². The third-order valence-electron chi connectivity index (χ3n) is 6.19. The van der Waals surface area contributed by atoms with Gasteiger partial charge in [-0.3, -0.25) is 9.78 Å². The normalized spacial score (nSPS) is 11.7. The number of aryl methyl sites for hydroxylation is 2. The van der Waals surface area contributed by atoms with Crippen molar-refractivity contribution in [3.8, 4) is 11.5 Å². The highest BCUT2D eigenvalue weighted by Gasteiger charge is 2.32. The summed E-state index contributed by atoms with van der Waals surface area (Å²) in [4.78, 5) is 31.1. The Bertz CT molecular complexity index is 1390. The summed E-state index contributed by atoms with van der Waals surface area (Å²) in [6, 6.07) is 8.51. The van der Waals surface area contributed by atoms with Crippen LogP contribution in [0.3, 0.4) is 0 Å². The number of alkyl halides is 6. The molecule has 3 rings (SSSR count). The Morgan fingerprint density at radius 3 is 2.02 bits per heavy atom. The van der Waals surface area contributed by atoms with E-state index in [4.69, 9.17) is 4.74 Å². The summed E-state index contributed by atoms with van der Waals surface area (Å²) in [6.07, 6.45) is -10.3. The minimum absolute atomic E-state index is 0.0107. The first-order valence-electron chi connectivity index (χ1n) is 12.1. The lowest BCUT2D eigenvalue weighted by atomic mass is 10.0. The lowest BCUT2D eigenvalue weighted by molar-refractivity contribution is -0.274. The van der Waals surface area contributed by atoms with Crippen LogP contribution in [0.4, 0.5) is 31.1 Å². The van der Waals surface area contributed by atoms with Gasteiger partial charge < -0.3 is 19.1 Å². The summed E-state index contributed by atoms with van der Waals surface area (Å²) >= 11 is 0. The van der Waals surface area contributed by atoms with Crippen molar-refractivity contribution in [3.05, 3.63) is 87.7 Å². The van der Waals surface area contributed by atoms with Gasteiger partial charge in [-0.05, 0) is 69.2 Å². The average Bonchev–Trinajstić information content (AvgIpc) is 2.89. The standard InChI is InChI=1S/C28H26F6N2O5/c1-16-17(2)35-18(3)23(24(16)40-26(38)39-4)13-14-36(15-19-5-11-22(12-6-19)41-28(32,33)34)25(37)20-7-9-21(10-8-20)27(29,30)31/h5-12H,13-15H2,1-4H3. The fraction of sp³-hybridized carbons (Fsp3) is 0.321. The molecule has 1 amide bonds. The second-order valence-corrected chi connectivity index (χ2v) is 9.02. The summed E-state index contributed by atoms with van der Waals surface area (Å²) in [6.45, 7) is 5.00. The van der Waals surface area contributed by atoms with Gasteiger partial charge in [0.05, 0.1) is 12.7 Å². The number of ether oxygens (including phenoxy) is 3. The van der Waals surface area contributed by atoms with Gasteiger partial charge in [0.15, 0.2) is 0 Å². The summed E-state index contributed by atoms with van der Waals surface area (Å²) < 4.78 is 90.6. The van der Waals surface area contributed by atoms with Gasteiger partial charge in [0.1, 0.15) is 11.5 Å². The molecule has 13 heteroatoms. The first-order valence-corrected chi connectivity index (χ1v) is 12.1. The summed E-state index contributed by atoms with van der Waals surface area (Å²) in [5.41, 5.74) is 1.65. The molecule has 3 aromatic rings. The van der Waals surface area contributed by atoms with E-state index < -0.39 is 35.9 Å². The zero-order valence-electron chi connectivity index (χ0n) is 22.4. The summed E-state index contributed by atoms with van der Waals surface area (Å²) in [7, 11) is 1.15. The van der Waals surface area contributed by atoms with E-state index in [1.54, 1.807) is 20.8 Å². The van der Waals surface area contributed by atoms with Crippen LogP contribution in [-0.4, -0.2) is 42.0 Å². The highest BCUT2D eigenvalue weighted by molar-refractivity contribution is 5.94. The van der Waals surface area contributed by atoms with E-state index in [1.165, 1.54) is 17.0 Å². The van der Waals surface area contributed by atoms with Crippen LogP contribution < -0.4 is 9.47 Å². The van der Waals surface area contributed by atoms with Gasteiger partial charge in [-0.25, -0.2) is 4.79 Å². The first kappa shape index (κ1) is 31.2. The van der Waals surface area contributed by atoms with Crippen LogP contribution in [-0.2, 0) is 23.9 Å². The number of rotatable bonds is 8. The molecule has 0 aliphatic carbocycles. The fourth-order valence-electron chi connectivity index (χ4n) is 4.02. The molecule has 1 heterocycles. The maximum absolute atomic E-state index is 13.5. The van der Waals surface area contributed by atoms with E-state index in [1.807, 2.05) is 0 Å². The monoisotopic (exact) mass is 584 g/mol. The number of pyridine rings is 1. The van der Waals surface area contributed by atoms with Gasteiger partial charge in [-0.1, -0.05) is 12.1 Å². The maximum atomic E-state index is 13.5. The second kappa shape index (κ2) is 12.5. The number of nitrogens with zero attached hydrogens (tertiary/aromatic N) is 2. The molecular weight excluding hydrogens is 558 g/mol. The van der Waals surface area contributed by atoms with Crippen LogP contribution in [0.15, 0.2) is 48.5 Å². The van der Waals surface area contributed by atoms with Crippen molar-refractivity contribution in [1.82, 2.24) is 9.88 Å². The number of aromatic nitrogens is 1. The molecule has 0 aliphatic rings. The molecule has 0 bridgehead atoms. The van der Waals surface area contributed by atoms with Crippen LogP contribution in [0, 0.1) is 20.8 Å². The molecule has 0 aliphatic heterocycles. The van der Waals surface area contributed by atoms with Gasteiger partial charge in [0, 0.05) is 41.2 Å². The minimum atomic E-state index is -4.88. The molecule has 7 nitrogen and oxygen atoms in total. The molecule has 0 saturated heterocycles. The largest absolute Gasteiger partial charge is 0.573 e. The predicted molar refractivity (Wildman–Crippen MR) is 134 cm³/mol. The van der Waals surface area contributed by atoms with Crippen LogP contribution in [0.25, 0.3) is 0 Å². The number of hydrogen-bond donors (Lipinski definition) is 0. The zero-order valence-corrected chi connectivity index (χ0v) is 22.4. The molecule has 0 unspecified atom stereocenters. The van der Waals surface area contributed by atoms with Crippen molar-refractivity contribution in [2.75, 3.05) is 13.7 Å². The molecule has 41 heavy (non-hydrogen) atoms. The number of carbonyl (C=O) groups excluding carboxylic acids is 2. The second-order valence-electron chi connectivity index (χ2n) is 9.02. The number of benzene rings is 2. The van der Waals surface area contributed by atoms with Gasteiger partial charge in [0.2, 0.25) is 0 Å². The van der Waals surface area contributed by atoms with Crippen molar-refractivity contribution in [2.45, 2.75) is 46.3 Å². The lowest BCUT2D eigenvalue weighted by Crippen LogP contribution is -2.33. The minimum Gasteiger partial charge on any atom is -0.437 e. The molecule has 0 saturated carbocycles. The Hall–Kier alpha value is -4.29. The highest BCUT2D eigenvalue weighted by atomic mass is 19.4. The fourth-order valence-corrected chi connectivity index (χ4v) is 4.02. The Balaban J connectivity index is 1.94. The summed E-state index contributed by atoms with van der Waals surface area (Å²) in [5.74, 6) is -0.875. The lowest BCUT2D eigenvalue weighted by Gasteiger charge is -2.25. The molecule has 2 aromatic carbocycles. The first-order chi connectivity index (χ1) is 19.1. The van der Waals surface area contributed by atoms with Crippen molar-refractivity contribution in [3.63, 3.8) is 0 Å². The smallest absolute Gasteiger partial charge is 0.437 e. The van der Waals surface area contributed by atoms with Gasteiger partial charge in [0.25, 0.3) is 5.91 Å². The Morgan fingerprint density at radius 1 is 0.878 bits per heavy atom. The molecule has 1 aromatic heterocycles. The van der Waals surface area contributed by atoms with E-state index in [-0.39, 0.29) is 30.8 Å². The van der Waals surface area contributed by atoms with Crippen LogP contribution in [0.5, 0.6) is 11.5 Å². The van der Waals surface area contributed by atoms with Crippen molar-refractivity contribution in [1.29, 1.82) is 0 Å². The van der Waals surface area contributed by atoms with Gasteiger partial charge in [-0.2, -0.15) is 13.2 Å². The number of carbonyl (C=O) groups is 2. The van der Waals surface area contributed by atoms with Crippen LogP contribution >= 0.6 is 0 Å². The van der Waals surface area contributed by atoms with Crippen LogP contribution in [0.2, 0.25) is 0 Å². The Morgan fingerprint density at radius 2 is 1.49 bits per heavy atom. The van der Waals surface area contributed by atoms with E-state index in [0.717, 1.165) is 43.5 Å². The molecule has 0 N–H and O–H groups in total. The zero-order chi connectivity index (χ0) is 30.5. The maximum Gasteiger partial charge on any atom is 0.573 e. The quantitative estimate of drug-likeness (QED) is 0.211. The van der Waals surface area contributed by atoms with Crippen molar-refractivity contribution >= 4 is 12.1 Å². The average molecular weight is 585 g/mol. The third-order valence-corrected chi connectivity index (χ3v) is 6.19. The molecule has 220 valence electrons.